The highest BCUT2D eigenvalue weighted by molar-refractivity contribution is 14.1. The van der Waals surface area contributed by atoms with Gasteiger partial charge in [0.1, 0.15) is 17.6 Å². The van der Waals surface area contributed by atoms with Gasteiger partial charge in [0.2, 0.25) is 0 Å². The van der Waals surface area contributed by atoms with Crippen molar-refractivity contribution < 1.29 is 13.6 Å². The molecular weight excluding hydrogens is 375 g/mol. The van der Waals surface area contributed by atoms with Crippen LogP contribution >= 0.6 is 22.6 Å². The average Bonchev–Trinajstić information content (AvgIpc) is 2.41. The number of ketones is 1. The molecule has 100 valence electrons. The number of halogens is 3. The maximum atomic E-state index is 13.7. The number of nitriles is 1. The monoisotopic (exact) mass is 383 g/mol. The Morgan fingerprint density at radius 2 is 1.95 bits per heavy atom. The molecule has 0 aliphatic heterocycles. The average molecular weight is 383 g/mol. The number of hydrogen-bond donors (Lipinski definition) is 0. The van der Waals surface area contributed by atoms with E-state index in [0.717, 1.165) is 15.7 Å². The number of carbonyl (C=O) groups excluding carboxylic acids is 1. The molecule has 0 aliphatic carbocycles. The maximum Gasteiger partial charge on any atom is 0.184 e. The van der Waals surface area contributed by atoms with Crippen LogP contribution in [-0.4, -0.2) is 5.78 Å². The van der Waals surface area contributed by atoms with Crippen molar-refractivity contribution in [2.45, 2.75) is 5.92 Å². The van der Waals surface area contributed by atoms with Crippen molar-refractivity contribution in [1.29, 1.82) is 5.26 Å². The highest BCUT2D eigenvalue weighted by atomic mass is 127. The van der Waals surface area contributed by atoms with Gasteiger partial charge in [0, 0.05) is 20.8 Å². The number of hydrogen-bond acceptors (Lipinski definition) is 2. The molecule has 0 fully saturated rings. The van der Waals surface area contributed by atoms with E-state index in [0.29, 0.717) is 11.6 Å². The van der Waals surface area contributed by atoms with Gasteiger partial charge < -0.3 is 0 Å². The first-order valence-electron chi connectivity index (χ1n) is 5.67. The first kappa shape index (κ1) is 14.6. The molecule has 2 aromatic carbocycles. The van der Waals surface area contributed by atoms with Crippen LogP contribution in [0, 0.1) is 26.5 Å². The molecule has 5 heteroatoms. The Morgan fingerprint density at radius 3 is 2.55 bits per heavy atom. The quantitative estimate of drug-likeness (QED) is 0.593. The van der Waals surface area contributed by atoms with Crippen molar-refractivity contribution in [2.75, 3.05) is 0 Å². The van der Waals surface area contributed by atoms with Crippen molar-refractivity contribution in [3.63, 3.8) is 0 Å². The van der Waals surface area contributed by atoms with Crippen molar-refractivity contribution in [3.05, 3.63) is 68.8 Å². The fourth-order valence-corrected chi connectivity index (χ4v) is 2.36. The topological polar surface area (TPSA) is 40.9 Å². The third-order valence-corrected chi connectivity index (χ3v) is 3.44. The van der Waals surface area contributed by atoms with E-state index in [1.807, 2.05) is 22.6 Å². The maximum absolute atomic E-state index is 13.7. The van der Waals surface area contributed by atoms with Gasteiger partial charge in [-0.05, 0) is 40.8 Å². The van der Waals surface area contributed by atoms with E-state index >= 15 is 0 Å². The molecule has 0 saturated carbocycles. The van der Waals surface area contributed by atoms with E-state index in [1.165, 1.54) is 0 Å². The minimum atomic E-state index is -1.28. The second kappa shape index (κ2) is 6.09. The van der Waals surface area contributed by atoms with Gasteiger partial charge in [0.05, 0.1) is 6.07 Å². The van der Waals surface area contributed by atoms with Crippen LogP contribution in [0.25, 0.3) is 0 Å². The van der Waals surface area contributed by atoms with Gasteiger partial charge in [-0.1, -0.05) is 18.2 Å². The molecule has 1 atom stereocenters. The lowest BCUT2D eigenvalue weighted by Gasteiger charge is -2.10. The Bertz CT molecular complexity index is 709. The highest BCUT2D eigenvalue weighted by Crippen LogP contribution is 2.24. The summed E-state index contributed by atoms with van der Waals surface area (Å²) in [6, 6.07) is 11.3. The van der Waals surface area contributed by atoms with Crippen molar-refractivity contribution in [3.8, 4) is 6.07 Å². The predicted molar refractivity (Wildman–Crippen MR) is 78.2 cm³/mol. The first-order chi connectivity index (χ1) is 9.52. The first-order valence-corrected chi connectivity index (χ1v) is 6.75. The van der Waals surface area contributed by atoms with Crippen molar-refractivity contribution >= 4 is 28.4 Å². The number of carbonyl (C=O) groups is 1. The van der Waals surface area contributed by atoms with Crippen LogP contribution in [0.1, 0.15) is 21.8 Å². The van der Waals surface area contributed by atoms with Crippen LogP contribution in [0.3, 0.4) is 0 Å². The lowest BCUT2D eigenvalue weighted by molar-refractivity contribution is 0.0977. The molecule has 0 N–H and O–H groups in total. The summed E-state index contributed by atoms with van der Waals surface area (Å²) in [5, 5.41) is 9.14. The van der Waals surface area contributed by atoms with Crippen LogP contribution in [0.2, 0.25) is 0 Å². The van der Waals surface area contributed by atoms with Gasteiger partial charge in [-0.2, -0.15) is 5.26 Å². The molecule has 0 amide bonds. The van der Waals surface area contributed by atoms with Gasteiger partial charge in [-0.25, -0.2) is 8.78 Å². The molecule has 0 bridgehead atoms. The minimum Gasteiger partial charge on any atom is -0.292 e. The lowest BCUT2D eigenvalue weighted by atomic mass is 9.91. The summed E-state index contributed by atoms with van der Waals surface area (Å²) in [5.41, 5.74) is 0.213. The second-order valence-electron chi connectivity index (χ2n) is 4.10. The fourth-order valence-electron chi connectivity index (χ4n) is 1.81. The summed E-state index contributed by atoms with van der Waals surface area (Å²) < 4.78 is 27.4. The molecule has 2 aromatic rings. The van der Waals surface area contributed by atoms with Crippen LogP contribution in [0.5, 0.6) is 0 Å². The van der Waals surface area contributed by atoms with E-state index in [2.05, 4.69) is 0 Å². The number of benzene rings is 2. The molecule has 20 heavy (non-hydrogen) atoms. The molecule has 0 saturated heterocycles. The summed E-state index contributed by atoms with van der Waals surface area (Å²) in [5.74, 6) is -3.43. The van der Waals surface area contributed by atoms with E-state index in [1.54, 1.807) is 30.3 Å². The minimum absolute atomic E-state index is 0.113. The van der Waals surface area contributed by atoms with Gasteiger partial charge in [0.15, 0.2) is 5.78 Å². The van der Waals surface area contributed by atoms with E-state index in [9.17, 15) is 13.6 Å². The SMILES string of the molecule is N#CC(C(=O)c1cccc(I)c1)c1ccc(F)cc1F. The molecule has 0 heterocycles. The number of nitrogens with zero attached hydrogens (tertiary/aromatic N) is 1. The molecular formula is C15H8F2INO. The van der Waals surface area contributed by atoms with Crippen molar-refractivity contribution in [1.82, 2.24) is 0 Å². The van der Waals surface area contributed by atoms with Gasteiger partial charge in [-0.15, -0.1) is 0 Å². The second-order valence-corrected chi connectivity index (χ2v) is 5.35. The summed E-state index contributed by atoms with van der Waals surface area (Å²) in [7, 11) is 0. The molecule has 0 aliphatic rings. The van der Waals surface area contributed by atoms with Crippen LogP contribution < -0.4 is 0 Å². The third-order valence-electron chi connectivity index (χ3n) is 2.77. The van der Waals surface area contributed by atoms with Crippen LogP contribution in [0.4, 0.5) is 8.78 Å². The zero-order chi connectivity index (χ0) is 14.7. The number of Topliss-reactive ketones (excluding diaryl/α,β-unsaturated/α-hetero) is 1. The zero-order valence-corrected chi connectivity index (χ0v) is 12.3. The van der Waals surface area contributed by atoms with Gasteiger partial charge in [-0.3, -0.25) is 4.79 Å². The van der Waals surface area contributed by atoms with Crippen LogP contribution in [0.15, 0.2) is 42.5 Å². The molecule has 2 rings (SSSR count). The normalized spacial score (nSPS) is 11.7. The lowest BCUT2D eigenvalue weighted by Crippen LogP contribution is -2.13. The Morgan fingerprint density at radius 1 is 1.20 bits per heavy atom. The Balaban J connectivity index is 2.43. The third kappa shape index (κ3) is 3.02. The summed E-state index contributed by atoms with van der Waals surface area (Å²) >= 11 is 2.04. The van der Waals surface area contributed by atoms with Gasteiger partial charge >= 0.3 is 0 Å². The van der Waals surface area contributed by atoms with E-state index in [4.69, 9.17) is 5.26 Å². The summed E-state index contributed by atoms with van der Waals surface area (Å²) in [6.07, 6.45) is 0. The Hall–Kier alpha value is -1.81. The molecule has 0 aromatic heterocycles. The smallest absolute Gasteiger partial charge is 0.184 e. The molecule has 0 radical (unpaired) electrons. The zero-order valence-electron chi connectivity index (χ0n) is 10.1. The van der Waals surface area contributed by atoms with E-state index in [-0.39, 0.29) is 5.56 Å². The summed E-state index contributed by atoms with van der Waals surface area (Å²) in [6.45, 7) is 0. The van der Waals surface area contributed by atoms with Crippen LogP contribution in [-0.2, 0) is 0 Å². The number of rotatable bonds is 3. The standard InChI is InChI=1S/C15H8F2INO/c16-10-4-5-12(14(17)7-10)13(8-19)15(20)9-2-1-3-11(18)6-9/h1-7,13H. The largest absolute Gasteiger partial charge is 0.292 e. The Labute approximate surface area is 128 Å². The molecule has 2 nitrogen and oxygen atoms in total. The fraction of sp³-hybridized carbons (Fsp3) is 0.0667. The Kier molecular flexibility index (Phi) is 4.45. The molecule has 0 spiro atoms. The van der Waals surface area contributed by atoms with Gasteiger partial charge in [0.25, 0.3) is 0 Å². The predicted octanol–water partition coefficient (Wildman–Crippen LogP) is 4.06. The summed E-state index contributed by atoms with van der Waals surface area (Å²) in [4.78, 5) is 12.3. The van der Waals surface area contributed by atoms with E-state index < -0.39 is 23.3 Å². The van der Waals surface area contributed by atoms with Crippen molar-refractivity contribution in [2.24, 2.45) is 0 Å². The highest BCUT2D eigenvalue weighted by Gasteiger charge is 2.25. The molecule has 1 unspecified atom stereocenters.